The number of aliphatic hydroxyl groups excluding tert-OH is 2. The molecule has 2 rings (SSSR count). The van der Waals surface area contributed by atoms with Crippen molar-refractivity contribution in [3.8, 4) is 5.75 Å². The van der Waals surface area contributed by atoms with Gasteiger partial charge in [-0.2, -0.15) is 0 Å². The molecule has 0 amide bonds. The molecule has 2 N–H and O–H groups in total. The Labute approximate surface area is 109 Å². The molecule has 0 saturated carbocycles. The van der Waals surface area contributed by atoms with Gasteiger partial charge in [-0.25, -0.2) is 0 Å². The molecule has 1 heterocycles. The van der Waals surface area contributed by atoms with Crippen LogP contribution in [0.2, 0.25) is 0 Å². The predicted octanol–water partition coefficient (Wildman–Crippen LogP) is 0.995. The van der Waals surface area contributed by atoms with Crippen LogP contribution in [0.4, 0.5) is 0 Å². The van der Waals surface area contributed by atoms with Crippen LogP contribution in [0.3, 0.4) is 0 Å². The Morgan fingerprint density at radius 1 is 1.35 bits per heavy atom. The van der Waals surface area contributed by atoms with Crippen molar-refractivity contribution in [3.63, 3.8) is 0 Å². The van der Waals surface area contributed by atoms with Crippen LogP contribution in [0.15, 0.2) is 22.7 Å². The Hall–Kier alpha value is -0.620. The Morgan fingerprint density at radius 3 is 2.53 bits per heavy atom. The molecule has 2 unspecified atom stereocenters. The SMILES string of the molecule is COc1ccc(CN2CC(O)C(O)C2)cc1Br. The maximum absolute atomic E-state index is 9.46. The van der Waals surface area contributed by atoms with Crippen LogP contribution in [-0.4, -0.2) is 47.5 Å². The Morgan fingerprint density at radius 2 is 2.00 bits per heavy atom. The van der Waals surface area contributed by atoms with Crippen LogP contribution >= 0.6 is 15.9 Å². The first kappa shape index (κ1) is 12.8. The van der Waals surface area contributed by atoms with Crippen molar-refractivity contribution in [2.75, 3.05) is 20.2 Å². The summed E-state index contributed by atoms with van der Waals surface area (Å²) in [6.45, 7) is 1.76. The lowest BCUT2D eigenvalue weighted by Crippen LogP contribution is -2.22. The van der Waals surface area contributed by atoms with Gasteiger partial charge in [-0.15, -0.1) is 0 Å². The summed E-state index contributed by atoms with van der Waals surface area (Å²) in [7, 11) is 1.63. The first-order valence-corrected chi connectivity index (χ1v) is 6.30. The van der Waals surface area contributed by atoms with E-state index in [9.17, 15) is 10.2 Å². The number of β-amino-alcohol motifs (C(OH)–C–C–N with tert-alkyl or cyclic N) is 2. The van der Waals surface area contributed by atoms with Gasteiger partial charge in [0.2, 0.25) is 0 Å². The van der Waals surface area contributed by atoms with E-state index in [1.807, 2.05) is 23.1 Å². The number of benzene rings is 1. The summed E-state index contributed by atoms with van der Waals surface area (Å²) in [6, 6.07) is 5.89. The summed E-state index contributed by atoms with van der Waals surface area (Å²) in [4.78, 5) is 2.03. The van der Waals surface area contributed by atoms with Gasteiger partial charge in [-0.3, -0.25) is 4.90 Å². The lowest BCUT2D eigenvalue weighted by atomic mass is 10.2. The van der Waals surface area contributed by atoms with Crippen molar-refractivity contribution < 1.29 is 14.9 Å². The largest absolute Gasteiger partial charge is 0.496 e. The lowest BCUT2D eigenvalue weighted by Gasteiger charge is -2.15. The van der Waals surface area contributed by atoms with E-state index in [1.54, 1.807) is 7.11 Å². The van der Waals surface area contributed by atoms with Gasteiger partial charge in [0.1, 0.15) is 5.75 Å². The molecule has 1 aliphatic rings. The van der Waals surface area contributed by atoms with Crippen LogP contribution in [0.1, 0.15) is 5.56 Å². The first-order valence-electron chi connectivity index (χ1n) is 5.51. The van der Waals surface area contributed by atoms with Gasteiger partial charge >= 0.3 is 0 Å². The summed E-state index contributed by atoms with van der Waals surface area (Å²) in [5.74, 6) is 0.801. The van der Waals surface area contributed by atoms with Crippen molar-refractivity contribution in [3.05, 3.63) is 28.2 Å². The van der Waals surface area contributed by atoms with E-state index in [1.165, 1.54) is 0 Å². The first-order chi connectivity index (χ1) is 8.10. The molecule has 1 aromatic carbocycles. The molecule has 0 aliphatic carbocycles. The summed E-state index contributed by atoms with van der Waals surface area (Å²) in [5, 5.41) is 18.9. The van der Waals surface area contributed by atoms with Gasteiger partial charge < -0.3 is 14.9 Å². The molecule has 4 nitrogen and oxygen atoms in total. The minimum Gasteiger partial charge on any atom is -0.496 e. The Kier molecular flexibility index (Phi) is 4.04. The van der Waals surface area contributed by atoms with Crippen molar-refractivity contribution in [2.45, 2.75) is 18.8 Å². The van der Waals surface area contributed by atoms with Crippen LogP contribution in [-0.2, 0) is 6.54 Å². The second-order valence-electron chi connectivity index (χ2n) is 4.30. The zero-order valence-corrected chi connectivity index (χ0v) is 11.2. The Balaban J connectivity index is 2.02. The quantitative estimate of drug-likeness (QED) is 0.874. The maximum atomic E-state index is 9.46. The van der Waals surface area contributed by atoms with Crippen molar-refractivity contribution in [2.24, 2.45) is 0 Å². The molecule has 1 aromatic rings. The van der Waals surface area contributed by atoms with Crippen LogP contribution < -0.4 is 4.74 Å². The zero-order valence-electron chi connectivity index (χ0n) is 9.64. The third kappa shape index (κ3) is 2.98. The Bertz CT molecular complexity index is 389. The van der Waals surface area contributed by atoms with Gasteiger partial charge in [0, 0.05) is 19.6 Å². The molecule has 2 atom stereocenters. The average Bonchev–Trinajstić information content (AvgIpc) is 2.58. The van der Waals surface area contributed by atoms with Gasteiger partial charge in [-0.05, 0) is 33.6 Å². The second kappa shape index (κ2) is 5.35. The standard InChI is InChI=1S/C12H16BrNO3/c1-17-12-3-2-8(4-9(12)13)5-14-6-10(15)11(16)7-14/h2-4,10-11,15-16H,5-7H2,1H3. The molecule has 1 fully saturated rings. The van der Waals surface area contributed by atoms with E-state index in [-0.39, 0.29) is 0 Å². The van der Waals surface area contributed by atoms with Gasteiger partial charge in [0.15, 0.2) is 0 Å². The topological polar surface area (TPSA) is 52.9 Å². The molecule has 94 valence electrons. The van der Waals surface area contributed by atoms with E-state index in [0.717, 1.165) is 22.3 Å². The monoisotopic (exact) mass is 301 g/mol. The number of hydrogen-bond acceptors (Lipinski definition) is 4. The number of likely N-dealkylation sites (tertiary alicyclic amines) is 1. The number of nitrogens with zero attached hydrogens (tertiary/aromatic N) is 1. The minimum atomic E-state index is -0.628. The lowest BCUT2D eigenvalue weighted by molar-refractivity contribution is 0.0572. The summed E-state index contributed by atoms with van der Waals surface area (Å²) < 4.78 is 6.08. The number of ether oxygens (including phenoxy) is 1. The molecular formula is C12H16BrNO3. The third-order valence-corrected chi connectivity index (χ3v) is 3.58. The molecule has 5 heteroatoms. The van der Waals surface area contributed by atoms with Gasteiger partial charge in [-0.1, -0.05) is 6.07 Å². The van der Waals surface area contributed by atoms with Crippen molar-refractivity contribution in [1.82, 2.24) is 4.90 Å². The summed E-state index contributed by atoms with van der Waals surface area (Å²) >= 11 is 3.44. The highest BCUT2D eigenvalue weighted by Crippen LogP contribution is 2.26. The van der Waals surface area contributed by atoms with Gasteiger partial charge in [0.25, 0.3) is 0 Å². The fourth-order valence-electron chi connectivity index (χ4n) is 2.04. The number of methoxy groups -OCH3 is 1. The highest BCUT2D eigenvalue weighted by atomic mass is 79.9. The van der Waals surface area contributed by atoms with E-state index in [0.29, 0.717) is 13.1 Å². The number of rotatable bonds is 3. The van der Waals surface area contributed by atoms with Gasteiger partial charge in [0.05, 0.1) is 23.8 Å². The number of aliphatic hydroxyl groups is 2. The summed E-state index contributed by atoms with van der Waals surface area (Å²) in [6.07, 6.45) is -1.26. The fraction of sp³-hybridized carbons (Fsp3) is 0.500. The zero-order chi connectivity index (χ0) is 12.4. The predicted molar refractivity (Wildman–Crippen MR) is 68.0 cm³/mol. The molecule has 1 saturated heterocycles. The smallest absolute Gasteiger partial charge is 0.133 e. The third-order valence-electron chi connectivity index (χ3n) is 2.96. The van der Waals surface area contributed by atoms with Crippen LogP contribution in [0, 0.1) is 0 Å². The molecule has 0 aromatic heterocycles. The van der Waals surface area contributed by atoms with Crippen molar-refractivity contribution in [1.29, 1.82) is 0 Å². The second-order valence-corrected chi connectivity index (χ2v) is 5.15. The molecule has 0 radical (unpaired) electrons. The molecule has 17 heavy (non-hydrogen) atoms. The highest BCUT2D eigenvalue weighted by Gasteiger charge is 2.29. The van der Waals surface area contributed by atoms with E-state index >= 15 is 0 Å². The maximum Gasteiger partial charge on any atom is 0.133 e. The minimum absolute atomic E-state index is 0.519. The van der Waals surface area contributed by atoms with E-state index < -0.39 is 12.2 Å². The molecular weight excluding hydrogens is 286 g/mol. The fourth-order valence-corrected chi connectivity index (χ4v) is 2.63. The van der Waals surface area contributed by atoms with E-state index in [4.69, 9.17) is 4.74 Å². The number of halogens is 1. The van der Waals surface area contributed by atoms with Crippen LogP contribution in [0.25, 0.3) is 0 Å². The molecule has 1 aliphatic heterocycles. The molecule has 0 bridgehead atoms. The highest BCUT2D eigenvalue weighted by molar-refractivity contribution is 9.10. The normalized spacial score (nSPS) is 25.2. The van der Waals surface area contributed by atoms with Crippen LogP contribution in [0.5, 0.6) is 5.75 Å². The molecule has 0 spiro atoms. The number of hydrogen-bond donors (Lipinski definition) is 2. The van der Waals surface area contributed by atoms with E-state index in [2.05, 4.69) is 15.9 Å². The summed E-state index contributed by atoms with van der Waals surface area (Å²) in [5.41, 5.74) is 1.12. The average molecular weight is 302 g/mol. The van der Waals surface area contributed by atoms with Crippen molar-refractivity contribution >= 4 is 15.9 Å².